The predicted octanol–water partition coefficient (Wildman–Crippen LogP) is 2.81. The number of hydrogen-bond acceptors (Lipinski definition) is 5. The molecule has 2 N–H and O–H groups in total. The lowest BCUT2D eigenvalue weighted by molar-refractivity contribution is 0.0253. The summed E-state index contributed by atoms with van der Waals surface area (Å²) >= 11 is 0. The van der Waals surface area contributed by atoms with E-state index < -0.39 is 17.3 Å². The van der Waals surface area contributed by atoms with Crippen molar-refractivity contribution < 1.29 is 19.1 Å². The second-order valence-corrected chi connectivity index (χ2v) is 7.87. The van der Waals surface area contributed by atoms with Crippen LogP contribution in [0.15, 0.2) is 0 Å². The van der Waals surface area contributed by atoms with Gasteiger partial charge >= 0.3 is 12.2 Å². The van der Waals surface area contributed by atoms with E-state index in [-0.39, 0.29) is 12.1 Å². The molecule has 0 aliphatic carbocycles. The van der Waals surface area contributed by atoms with Crippen molar-refractivity contribution in [3.8, 4) is 0 Å². The maximum absolute atomic E-state index is 12.1. The van der Waals surface area contributed by atoms with Crippen molar-refractivity contribution in [2.75, 3.05) is 13.1 Å². The summed E-state index contributed by atoms with van der Waals surface area (Å²) < 4.78 is 10.6. The monoisotopic (exact) mass is 329 g/mol. The number of nitrogens with zero attached hydrogens (tertiary/aromatic N) is 1. The largest absolute Gasteiger partial charge is 0.444 e. The van der Waals surface area contributed by atoms with E-state index in [1.807, 2.05) is 41.5 Å². The van der Waals surface area contributed by atoms with Gasteiger partial charge in [-0.05, 0) is 60.8 Å². The molecule has 7 heteroatoms. The molecule has 134 valence electrons. The highest BCUT2D eigenvalue weighted by Crippen LogP contribution is 2.15. The number of nitrogens with one attached hydrogen (secondary N) is 2. The Balaban J connectivity index is 2.38. The summed E-state index contributed by atoms with van der Waals surface area (Å²) in [6.45, 7) is 12.3. The predicted molar refractivity (Wildman–Crippen MR) is 88.0 cm³/mol. The zero-order valence-electron chi connectivity index (χ0n) is 15.2. The van der Waals surface area contributed by atoms with Gasteiger partial charge in [0.2, 0.25) is 0 Å². The molecule has 1 atom stereocenters. The Labute approximate surface area is 139 Å². The van der Waals surface area contributed by atoms with E-state index in [1.165, 1.54) is 0 Å². The Bertz CT molecular complexity index is 413. The molecule has 1 saturated heterocycles. The van der Waals surface area contributed by atoms with Crippen molar-refractivity contribution in [1.82, 2.24) is 15.8 Å². The fourth-order valence-electron chi connectivity index (χ4n) is 2.21. The van der Waals surface area contributed by atoms with Gasteiger partial charge < -0.3 is 14.4 Å². The number of hydrogen-bond donors (Lipinski definition) is 2. The number of rotatable bonds is 2. The van der Waals surface area contributed by atoms with E-state index in [9.17, 15) is 9.59 Å². The van der Waals surface area contributed by atoms with Crippen molar-refractivity contribution in [3.05, 3.63) is 0 Å². The fourth-order valence-corrected chi connectivity index (χ4v) is 2.21. The Kier molecular flexibility index (Phi) is 6.68. The van der Waals surface area contributed by atoms with Crippen LogP contribution in [0.2, 0.25) is 0 Å². The molecular weight excluding hydrogens is 298 g/mol. The van der Waals surface area contributed by atoms with Gasteiger partial charge in [-0.3, -0.25) is 5.43 Å². The van der Waals surface area contributed by atoms with Gasteiger partial charge in [-0.15, -0.1) is 0 Å². The molecule has 0 aromatic carbocycles. The van der Waals surface area contributed by atoms with Crippen LogP contribution in [0.25, 0.3) is 0 Å². The van der Waals surface area contributed by atoms with E-state index in [0.29, 0.717) is 13.1 Å². The first-order valence-electron chi connectivity index (χ1n) is 8.19. The van der Waals surface area contributed by atoms with Crippen molar-refractivity contribution in [2.24, 2.45) is 0 Å². The van der Waals surface area contributed by atoms with Gasteiger partial charge in [-0.2, -0.15) is 0 Å². The van der Waals surface area contributed by atoms with Crippen LogP contribution in [0, 0.1) is 0 Å². The molecule has 1 unspecified atom stereocenters. The third-order valence-corrected chi connectivity index (χ3v) is 3.16. The number of ether oxygens (including phenoxy) is 2. The topological polar surface area (TPSA) is 79.9 Å². The van der Waals surface area contributed by atoms with Crippen molar-refractivity contribution in [3.63, 3.8) is 0 Å². The highest BCUT2D eigenvalue weighted by molar-refractivity contribution is 5.68. The molecule has 0 aromatic rings. The van der Waals surface area contributed by atoms with Gasteiger partial charge in [0.1, 0.15) is 11.2 Å². The van der Waals surface area contributed by atoms with E-state index in [2.05, 4.69) is 10.9 Å². The zero-order chi connectivity index (χ0) is 17.7. The molecule has 1 fully saturated rings. The van der Waals surface area contributed by atoms with Crippen LogP contribution in [-0.2, 0) is 9.47 Å². The maximum Gasteiger partial charge on any atom is 0.422 e. The van der Waals surface area contributed by atoms with Crippen LogP contribution in [0.5, 0.6) is 0 Å². The molecule has 1 aliphatic rings. The summed E-state index contributed by atoms with van der Waals surface area (Å²) in [5, 5.41) is 0. The van der Waals surface area contributed by atoms with Gasteiger partial charge in [-0.25, -0.2) is 15.0 Å². The van der Waals surface area contributed by atoms with Crippen LogP contribution in [0.4, 0.5) is 9.59 Å². The molecule has 2 amide bonds. The fraction of sp³-hybridized carbons (Fsp3) is 0.875. The third kappa shape index (κ3) is 8.64. The van der Waals surface area contributed by atoms with Crippen LogP contribution in [0.3, 0.4) is 0 Å². The molecule has 0 radical (unpaired) electrons. The molecule has 0 spiro atoms. The molecule has 0 aromatic heterocycles. The second-order valence-electron chi connectivity index (χ2n) is 7.87. The van der Waals surface area contributed by atoms with E-state index >= 15 is 0 Å². The molecule has 0 bridgehead atoms. The van der Waals surface area contributed by atoms with Gasteiger partial charge in [-0.1, -0.05) is 0 Å². The Morgan fingerprint density at radius 1 is 0.957 bits per heavy atom. The molecule has 23 heavy (non-hydrogen) atoms. The van der Waals surface area contributed by atoms with E-state index in [4.69, 9.17) is 9.47 Å². The number of carbonyl (C=O) groups is 2. The maximum atomic E-state index is 12.1. The van der Waals surface area contributed by atoms with Crippen LogP contribution < -0.4 is 10.9 Å². The lowest BCUT2D eigenvalue weighted by Gasteiger charge is -2.26. The second kappa shape index (κ2) is 7.86. The standard InChI is InChI=1S/C16H31N3O4/c1-15(2,3)22-13(20)18-17-12-8-7-10-19(11-9-12)14(21)23-16(4,5)6/h12,17H,7-11H2,1-6H3,(H,18,20). The van der Waals surface area contributed by atoms with Crippen LogP contribution in [0.1, 0.15) is 60.8 Å². The Morgan fingerprint density at radius 2 is 1.57 bits per heavy atom. The van der Waals surface area contributed by atoms with Crippen molar-refractivity contribution in [2.45, 2.75) is 78.0 Å². The van der Waals surface area contributed by atoms with Gasteiger partial charge in [0.05, 0.1) is 0 Å². The first kappa shape index (κ1) is 19.5. The summed E-state index contributed by atoms with van der Waals surface area (Å²) in [6.07, 6.45) is 1.70. The molecule has 1 rings (SSSR count). The van der Waals surface area contributed by atoms with Gasteiger partial charge in [0.15, 0.2) is 0 Å². The smallest absolute Gasteiger partial charge is 0.422 e. The van der Waals surface area contributed by atoms with Crippen LogP contribution >= 0.6 is 0 Å². The summed E-state index contributed by atoms with van der Waals surface area (Å²) in [5.41, 5.74) is 4.55. The molecular formula is C16H31N3O4. The molecule has 1 heterocycles. The average molecular weight is 329 g/mol. The summed E-state index contributed by atoms with van der Waals surface area (Å²) in [6, 6.07) is 0.106. The minimum atomic E-state index is -0.525. The quantitative estimate of drug-likeness (QED) is 0.762. The van der Waals surface area contributed by atoms with Crippen molar-refractivity contribution >= 4 is 12.2 Å². The summed E-state index contributed by atoms with van der Waals surface area (Å²) in [5.74, 6) is 0. The molecule has 1 aliphatic heterocycles. The first-order chi connectivity index (χ1) is 10.5. The third-order valence-electron chi connectivity index (χ3n) is 3.16. The minimum Gasteiger partial charge on any atom is -0.444 e. The van der Waals surface area contributed by atoms with Crippen LogP contribution in [-0.4, -0.2) is 47.4 Å². The number of hydrazine groups is 1. The molecule has 0 saturated carbocycles. The number of amides is 2. The van der Waals surface area contributed by atoms with Gasteiger partial charge in [0.25, 0.3) is 0 Å². The van der Waals surface area contributed by atoms with Gasteiger partial charge in [0, 0.05) is 19.1 Å². The van der Waals surface area contributed by atoms with E-state index in [0.717, 1.165) is 19.3 Å². The Hall–Kier alpha value is -1.50. The highest BCUT2D eigenvalue weighted by atomic mass is 16.6. The Morgan fingerprint density at radius 3 is 2.13 bits per heavy atom. The molecule has 7 nitrogen and oxygen atoms in total. The zero-order valence-corrected chi connectivity index (χ0v) is 15.2. The lowest BCUT2D eigenvalue weighted by Crippen LogP contribution is -2.46. The van der Waals surface area contributed by atoms with E-state index in [1.54, 1.807) is 4.90 Å². The first-order valence-corrected chi connectivity index (χ1v) is 8.19. The van der Waals surface area contributed by atoms with Crippen molar-refractivity contribution in [1.29, 1.82) is 0 Å². The highest BCUT2D eigenvalue weighted by Gasteiger charge is 2.25. The summed E-state index contributed by atoms with van der Waals surface area (Å²) in [7, 11) is 0. The average Bonchev–Trinajstić information content (AvgIpc) is 2.57. The summed E-state index contributed by atoms with van der Waals surface area (Å²) in [4.78, 5) is 25.4. The number of carbonyl (C=O) groups excluding carboxylic acids is 2. The minimum absolute atomic E-state index is 0.106. The SMILES string of the molecule is CC(C)(C)OC(=O)NNC1CCCN(C(=O)OC(C)(C)C)CC1. The number of likely N-dealkylation sites (tertiary alicyclic amines) is 1. The lowest BCUT2D eigenvalue weighted by atomic mass is 10.1. The normalized spacial score (nSPS) is 19.7.